The SMILES string of the molecule is COc1ccc(-n2c(C)cc(C(=O)NCc3ccccc3Cn3cccn3)c2C)cc1. The molecule has 2 aromatic heterocycles. The van der Waals surface area contributed by atoms with E-state index in [1.165, 1.54) is 0 Å². The zero-order chi connectivity index (χ0) is 21.8. The van der Waals surface area contributed by atoms with E-state index in [2.05, 4.69) is 21.0 Å². The average Bonchev–Trinajstić information content (AvgIpc) is 3.40. The van der Waals surface area contributed by atoms with E-state index in [1.54, 1.807) is 13.3 Å². The van der Waals surface area contributed by atoms with Gasteiger partial charge in [0, 0.05) is 36.0 Å². The molecule has 6 heteroatoms. The highest BCUT2D eigenvalue weighted by Crippen LogP contribution is 2.23. The number of amides is 1. The summed E-state index contributed by atoms with van der Waals surface area (Å²) in [5, 5.41) is 7.36. The first-order chi connectivity index (χ1) is 15.1. The molecule has 1 N–H and O–H groups in total. The zero-order valence-electron chi connectivity index (χ0n) is 18.0. The van der Waals surface area contributed by atoms with Crippen LogP contribution in [0.3, 0.4) is 0 Å². The molecule has 0 aliphatic carbocycles. The van der Waals surface area contributed by atoms with Gasteiger partial charge < -0.3 is 14.6 Å². The van der Waals surface area contributed by atoms with Crippen molar-refractivity contribution in [3.63, 3.8) is 0 Å². The van der Waals surface area contributed by atoms with E-state index >= 15 is 0 Å². The van der Waals surface area contributed by atoms with Gasteiger partial charge >= 0.3 is 0 Å². The normalized spacial score (nSPS) is 10.8. The van der Waals surface area contributed by atoms with Crippen LogP contribution in [0.15, 0.2) is 73.1 Å². The maximum atomic E-state index is 13.0. The van der Waals surface area contributed by atoms with Crippen molar-refractivity contribution in [2.75, 3.05) is 7.11 Å². The van der Waals surface area contributed by atoms with Gasteiger partial charge in [0.1, 0.15) is 5.75 Å². The summed E-state index contributed by atoms with van der Waals surface area (Å²) in [6.07, 6.45) is 3.70. The van der Waals surface area contributed by atoms with Gasteiger partial charge in [-0.3, -0.25) is 9.48 Å². The minimum atomic E-state index is -0.0817. The van der Waals surface area contributed by atoms with E-state index in [4.69, 9.17) is 4.74 Å². The largest absolute Gasteiger partial charge is 0.497 e. The third-order valence-corrected chi connectivity index (χ3v) is 5.46. The van der Waals surface area contributed by atoms with Crippen molar-refractivity contribution in [3.8, 4) is 11.4 Å². The number of ether oxygens (including phenoxy) is 1. The van der Waals surface area contributed by atoms with Gasteiger partial charge in [0.05, 0.1) is 19.2 Å². The first kappa shape index (κ1) is 20.5. The Morgan fingerprint density at radius 2 is 1.77 bits per heavy atom. The average molecular weight is 415 g/mol. The van der Waals surface area contributed by atoms with Crippen molar-refractivity contribution in [2.24, 2.45) is 0 Å². The highest BCUT2D eigenvalue weighted by Gasteiger charge is 2.17. The Morgan fingerprint density at radius 1 is 1.03 bits per heavy atom. The summed E-state index contributed by atoms with van der Waals surface area (Å²) in [7, 11) is 1.65. The molecule has 0 bridgehead atoms. The Morgan fingerprint density at radius 3 is 2.45 bits per heavy atom. The summed E-state index contributed by atoms with van der Waals surface area (Å²) in [5.41, 5.74) is 5.81. The third kappa shape index (κ3) is 4.38. The fourth-order valence-corrected chi connectivity index (χ4v) is 3.84. The topological polar surface area (TPSA) is 61.1 Å². The van der Waals surface area contributed by atoms with E-state index in [9.17, 15) is 4.79 Å². The Balaban J connectivity index is 1.51. The molecule has 0 radical (unpaired) electrons. The molecular weight excluding hydrogens is 388 g/mol. The standard InChI is InChI=1S/C25H26N4O2/c1-18-15-24(19(2)29(18)22-9-11-23(31-3)12-10-22)25(30)26-16-20-7-4-5-8-21(20)17-28-14-6-13-27-28/h4-15H,16-17H2,1-3H3,(H,26,30). The smallest absolute Gasteiger partial charge is 0.253 e. The van der Waals surface area contributed by atoms with Gasteiger partial charge in [-0.05, 0) is 61.4 Å². The number of hydrogen-bond acceptors (Lipinski definition) is 3. The molecule has 0 fully saturated rings. The molecule has 2 heterocycles. The summed E-state index contributed by atoms with van der Waals surface area (Å²) < 4.78 is 9.21. The number of rotatable bonds is 7. The molecule has 158 valence electrons. The lowest BCUT2D eigenvalue weighted by atomic mass is 10.1. The number of benzene rings is 2. The van der Waals surface area contributed by atoms with E-state index in [-0.39, 0.29) is 5.91 Å². The Kier molecular flexibility index (Phi) is 5.89. The number of nitrogens with zero attached hydrogens (tertiary/aromatic N) is 3. The summed E-state index contributed by atoms with van der Waals surface area (Å²) in [4.78, 5) is 13.0. The number of aryl methyl sites for hydroxylation is 1. The monoisotopic (exact) mass is 414 g/mol. The molecular formula is C25H26N4O2. The summed E-state index contributed by atoms with van der Waals surface area (Å²) in [6, 6.07) is 19.8. The second-order valence-electron chi connectivity index (χ2n) is 7.47. The molecule has 0 spiro atoms. The van der Waals surface area contributed by atoms with Gasteiger partial charge in [-0.2, -0.15) is 5.10 Å². The van der Waals surface area contributed by atoms with Gasteiger partial charge in [-0.25, -0.2) is 0 Å². The molecule has 0 atom stereocenters. The predicted molar refractivity (Wildman–Crippen MR) is 121 cm³/mol. The minimum Gasteiger partial charge on any atom is -0.497 e. The highest BCUT2D eigenvalue weighted by atomic mass is 16.5. The fourth-order valence-electron chi connectivity index (χ4n) is 3.84. The Hall–Kier alpha value is -3.80. The number of methoxy groups -OCH3 is 1. The molecule has 0 unspecified atom stereocenters. The first-order valence-corrected chi connectivity index (χ1v) is 10.2. The number of carbonyl (C=O) groups excluding carboxylic acids is 1. The van der Waals surface area contributed by atoms with Gasteiger partial charge in [-0.1, -0.05) is 24.3 Å². The van der Waals surface area contributed by atoms with E-state index in [0.29, 0.717) is 18.7 Å². The lowest BCUT2D eigenvalue weighted by Crippen LogP contribution is -2.24. The molecule has 4 rings (SSSR count). The lowest BCUT2D eigenvalue weighted by molar-refractivity contribution is 0.0950. The van der Waals surface area contributed by atoms with Gasteiger partial charge in [0.2, 0.25) is 0 Å². The van der Waals surface area contributed by atoms with Crippen molar-refractivity contribution in [3.05, 3.63) is 101 Å². The summed E-state index contributed by atoms with van der Waals surface area (Å²) in [5.74, 6) is 0.722. The van der Waals surface area contributed by atoms with Crippen molar-refractivity contribution >= 4 is 5.91 Å². The molecule has 0 aliphatic rings. The molecule has 1 amide bonds. The Bertz CT molecular complexity index is 1170. The number of hydrogen-bond donors (Lipinski definition) is 1. The highest BCUT2D eigenvalue weighted by molar-refractivity contribution is 5.95. The van der Waals surface area contributed by atoms with Crippen LogP contribution in [0.2, 0.25) is 0 Å². The summed E-state index contributed by atoms with van der Waals surface area (Å²) in [6.45, 7) is 5.11. The summed E-state index contributed by atoms with van der Waals surface area (Å²) >= 11 is 0. The molecule has 4 aromatic rings. The van der Waals surface area contributed by atoms with Crippen LogP contribution in [0.4, 0.5) is 0 Å². The lowest BCUT2D eigenvalue weighted by Gasteiger charge is -2.12. The van der Waals surface area contributed by atoms with Crippen molar-refractivity contribution in [2.45, 2.75) is 26.9 Å². The molecule has 0 saturated heterocycles. The second kappa shape index (κ2) is 8.92. The maximum Gasteiger partial charge on any atom is 0.253 e. The number of carbonyl (C=O) groups is 1. The van der Waals surface area contributed by atoms with Crippen LogP contribution >= 0.6 is 0 Å². The molecule has 31 heavy (non-hydrogen) atoms. The van der Waals surface area contributed by atoms with Crippen LogP contribution in [0.1, 0.15) is 32.9 Å². The van der Waals surface area contributed by atoms with Gasteiger partial charge in [0.25, 0.3) is 5.91 Å². The molecule has 0 aliphatic heterocycles. The third-order valence-electron chi connectivity index (χ3n) is 5.46. The van der Waals surface area contributed by atoms with Crippen LogP contribution in [-0.2, 0) is 13.1 Å². The molecule has 6 nitrogen and oxygen atoms in total. The molecule has 0 saturated carbocycles. The quantitative estimate of drug-likeness (QED) is 0.491. The number of nitrogens with one attached hydrogen (secondary N) is 1. The van der Waals surface area contributed by atoms with E-state index in [1.807, 2.05) is 79.3 Å². The van der Waals surface area contributed by atoms with Crippen molar-refractivity contribution in [1.29, 1.82) is 0 Å². The first-order valence-electron chi connectivity index (χ1n) is 10.2. The zero-order valence-corrected chi connectivity index (χ0v) is 18.0. The van der Waals surface area contributed by atoms with Crippen LogP contribution in [0.5, 0.6) is 5.75 Å². The predicted octanol–water partition coefficient (Wildman–Crippen LogP) is 4.28. The second-order valence-corrected chi connectivity index (χ2v) is 7.47. The maximum absolute atomic E-state index is 13.0. The van der Waals surface area contributed by atoms with Crippen molar-refractivity contribution in [1.82, 2.24) is 19.7 Å². The van der Waals surface area contributed by atoms with Crippen LogP contribution in [0.25, 0.3) is 5.69 Å². The Labute approximate surface area is 182 Å². The van der Waals surface area contributed by atoms with Crippen LogP contribution in [-0.4, -0.2) is 27.4 Å². The van der Waals surface area contributed by atoms with Crippen LogP contribution < -0.4 is 10.1 Å². The van der Waals surface area contributed by atoms with E-state index in [0.717, 1.165) is 34.0 Å². The number of aromatic nitrogens is 3. The van der Waals surface area contributed by atoms with E-state index < -0.39 is 0 Å². The van der Waals surface area contributed by atoms with Crippen molar-refractivity contribution < 1.29 is 9.53 Å². The fraction of sp³-hybridized carbons (Fsp3) is 0.200. The minimum absolute atomic E-state index is 0.0817. The van der Waals surface area contributed by atoms with Crippen LogP contribution in [0, 0.1) is 13.8 Å². The van der Waals surface area contributed by atoms with Gasteiger partial charge in [-0.15, -0.1) is 0 Å². The van der Waals surface area contributed by atoms with Gasteiger partial charge in [0.15, 0.2) is 0 Å². The molecule has 2 aromatic carbocycles.